The van der Waals surface area contributed by atoms with Gasteiger partial charge in [0.25, 0.3) is 0 Å². The van der Waals surface area contributed by atoms with Gasteiger partial charge in [-0.1, -0.05) is 0 Å². The molecule has 0 aliphatic carbocycles. The third-order valence-electron chi connectivity index (χ3n) is 4.82. The summed E-state index contributed by atoms with van der Waals surface area (Å²) in [4.78, 5) is 23.6. The van der Waals surface area contributed by atoms with E-state index in [2.05, 4.69) is 20.2 Å². The normalized spacial score (nSPS) is 26.4. The summed E-state index contributed by atoms with van der Waals surface area (Å²) in [7, 11) is 0. The number of carbonyl (C=O) groups is 1. The van der Waals surface area contributed by atoms with Crippen LogP contribution in [0.1, 0.15) is 26.2 Å². The van der Waals surface area contributed by atoms with E-state index in [9.17, 15) is 9.90 Å². The molecule has 1 aromatic heterocycles. The highest BCUT2D eigenvalue weighted by Gasteiger charge is 2.39. The lowest BCUT2D eigenvalue weighted by Gasteiger charge is -2.36. The van der Waals surface area contributed by atoms with Crippen molar-refractivity contribution in [3.8, 4) is 0 Å². The molecule has 1 atom stereocenters. The molecular weight excluding hydrogens is 294 g/mol. The first-order chi connectivity index (χ1) is 11.0. The average molecular weight is 319 g/mol. The Labute approximate surface area is 136 Å². The Morgan fingerprint density at radius 3 is 2.83 bits per heavy atom. The molecule has 7 nitrogen and oxygen atoms in total. The smallest absolute Gasteiger partial charge is 0.219 e. The molecule has 2 aliphatic heterocycles. The molecule has 1 aromatic rings. The number of aliphatic hydroxyl groups is 1. The zero-order valence-corrected chi connectivity index (χ0v) is 13.6. The number of piperidine rings is 1. The molecule has 1 amide bonds. The van der Waals surface area contributed by atoms with Crippen molar-refractivity contribution in [2.24, 2.45) is 0 Å². The van der Waals surface area contributed by atoms with Crippen LogP contribution in [0.25, 0.3) is 0 Å². The summed E-state index contributed by atoms with van der Waals surface area (Å²) in [5.74, 6) is 0.915. The van der Waals surface area contributed by atoms with Gasteiger partial charge < -0.3 is 20.2 Å². The van der Waals surface area contributed by atoms with Crippen LogP contribution in [0.4, 0.5) is 5.82 Å². The van der Waals surface area contributed by atoms with Crippen LogP contribution in [-0.2, 0) is 4.79 Å². The van der Waals surface area contributed by atoms with Gasteiger partial charge in [0, 0.05) is 45.3 Å². The van der Waals surface area contributed by atoms with E-state index in [-0.39, 0.29) is 5.91 Å². The van der Waals surface area contributed by atoms with Crippen molar-refractivity contribution in [2.75, 3.05) is 38.0 Å². The van der Waals surface area contributed by atoms with Gasteiger partial charge in [-0.25, -0.2) is 9.97 Å². The van der Waals surface area contributed by atoms with Crippen molar-refractivity contribution >= 4 is 11.7 Å². The van der Waals surface area contributed by atoms with E-state index in [1.54, 1.807) is 24.3 Å². The largest absolute Gasteiger partial charge is 0.387 e. The van der Waals surface area contributed by atoms with E-state index in [0.29, 0.717) is 32.1 Å². The molecule has 3 rings (SSSR count). The number of anilines is 1. The fraction of sp³-hybridized carbons (Fsp3) is 0.688. The molecule has 2 N–H and O–H groups in total. The van der Waals surface area contributed by atoms with E-state index in [1.807, 2.05) is 6.07 Å². The Morgan fingerprint density at radius 2 is 2.22 bits per heavy atom. The lowest BCUT2D eigenvalue weighted by Crippen LogP contribution is -2.49. The van der Waals surface area contributed by atoms with Gasteiger partial charge in [-0.2, -0.15) is 0 Å². The quantitative estimate of drug-likeness (QED) is 0.833. The molecule has 3 heterocycles. The Morgan fingerprint density at radius 1 is 1.43 bits per heavy atom. The topological polar surface area (TPSA) is 81.6 Å². The van der Waals surface area contributed by atoms with Gasteiger partial charge in [0.2, 0.25) is 5.91 Å². The number of β-amino-alcohol motifs (C(OH)–C–C–N with tert-alkyl or cyclic N) is 1. The van der Waals surface area contributed by atoms with Crippen LogP contribution in [-0.4, -0.2) is 75.1 Å². The minimum absolute atomic E-state index is 0.0497. The zero-order valence-electron chi connectivity index (χ0n) is 13.6. The molecule has 23 heavy (non-hydrogen) atoms. The van der Waals surface area contributed by atoms with Gasteiger partial charge in [-0.05, 0) is 25.3 Å². The van der Waals surface area contributed by atoms with Crippen molar-refractivity contribution < 1.29 is 9.90 Å². The number of hydrogen-bond donors (Lipinski definition) is 2. The molecular formula is C16H25N5O2. The number of likely N-dealkylation sites (tertiary alicyclic amines) is 2. The first kappa shape index (κ1) is 16.1. The van der Waals surface area contributed by atoms with Crippen LogP contribution in [0, 0.1) is 0 Å². The number of rotatable bonds is 4. The van der Waals surface area contributed by atoms with Crippen molar-refractivity contribution in [1.29, 1.82) is 0 Å². The number of amides is 1. The minimum Gasteiger partial charge on any atom is -0.387 e. The highest BCUT2D eigenvalue weighted by molar-refractivity contribution is 5.73. The van der Waals surface area contributed by atoms with Gasteiger partial charge >= 0.3 is 0 Å². The van der Waals surface area contributed by atoms with Crippen molar-refractivity contribution in [2.45, 2.75) is 37.8 Å². The van der Waals surface area contributed by atoms with E-state index in [1.165, 1.54) is 0 Å². The Kier molecular flexibility index (Phi) is 4.77. The van der Waals surface area contributed by atoms with Gasteiger partial charge in [0.15, 0.2) is 0 Å². The first-order valence-corrected chi connectivity index (χ1v) is 8.27. The number of hydrogen-bond acceptors (Lipinski definition) is 6. The Balaban J connectivity index is 1.45. The number of aromatic nitrogens is 2. The van der Waals surface area contributed by atoms with Crippen LogP contribution in [0.5, 0.6) is 0 Å². The van der Waals surface area contributed by atoms with Gasteiger partial charge in [-0.15, -0.1) is 0 Å². The second-order valence-corrected chi connectivity index (χ2v) is 6.70. The van der Waals surface area contributed by atoms with Crippen molar-refractivity contribution in [3.63, 3.8) is 0 Å². The second kappa shape index (κ2) is 6.80. The maximum Gasteiger partial charge on any atom is 0.219 e. The number of carbonyl (C=O) groups excluding carboxylic acids is 1. The predicted molar refractivity (Wildman–Crippen MR) is 86.9 cm³/mol. The Hall–Kier alpha value is -1.73. The highest BCUT2D eigenvalue weighted by Crippen LogP contribution is 2.24. The average Bonchev–Trinajstić information content (AvgIpc) is 2.93. The third-order valence-corrected chi connectivity index (χ3v) is 4.82. The molecule has 0 spiro atoms. The molecule has 2 saturated heterocycles. The molecule has 1 unspecified atom stereocenters. The van der Waals surface area contributed by atoms with Crippen LogP contribution < -0.4 is 5.32 Å². The van der Waals surface area contributed by atoms with Gasteiger partial charge in [-0.3, -0.25) is 4.79 Å². The lowest BCUT2D eigenvalue weighted by atomic mass is 9.99. The van der Waals surface area contributed by atoms with Crippen LogP contribution in [0.15, 0.2) is 18.6 Å². The molecule has 7 heteroatoms. The lowest BCUT2D eigenvalue weighted by molar-refractivity contribution is -0.129. The first-order valence-electron chi connectivity index (χ1n) is 8.27. The molecule has 2 aliphatic rings. The molecule has 126 valence electrons. The molecule has 0 saturated carbocycles. The summed E-state index contributed by atoms with van der Waals surface area (Å²) in [5, 5.41) is 14.1. The van der Waals surface area contributed by atoms with E-state index >= 15 is 0 Å². The van der Waals surface area contributed by atoms with Crippen molar-refractivity contribution in [1.82, 2.24) is 19.8 Å². The zero-order chi connectivity index (χ0) is 16.3. The fourth-order valence-corrected chi connectivity index (χ4v) is 3.49. The van der Waals surface area contributed by atoms with E-state index in [0.717, 1.165) is 31.7 Å². The van der Waals surface area contributed by atoms with Crippen LogP contribution in [0.3, 0.4) is 0 Å². The summed E-state index contributed by atoms with van der Waals surface area (Å²) in [5.41, 5.74) is -0.751. The Bertz CT molecular complexity index is 533. The summed E-state index contributed by atoms with van der Waals surface area (Å²) < 4.78 is 0. The summed E-state index contributed by atoms with van der Waals surface area (Å²) in [6, 6.07) is 2.29. The SMILES string of the molecule is CC(=O)N1CCC(O)(CN2CCC(Nc3ccncn3)CC2)C1. The van der Waals surface area contributed by atoms with Crippen molar-refractivity contribution in [3.05, 3.63) is 18.6 Å². The molecule has 0 bridgehead atoms. The molecule has 0 aromatic carbocycles. The fourth-order valence-electron chi connectivity index (χ4n) is 3.49. The minimum atomic E-state index is -0.751. The van der Waals surface area contributed by atoms with Gasteiger partial charge in [0.1, 0.15) is 12.1 Å². The molecule has 0 radical (unpaired) electrons. The van der Waals surface area contributed by atoms with E-state index < -0.39 is 5.60 Å². The number of nitrogens with zero attached hydrogens (tertiary/aromatic N) is 4. The van der Waals surface area contributed by atoms with E-state index in [4.69, 9.17) is 0 Å². The molecule has 2 fully saturated rings. The predicted octanol–water partition coefficient (Wildman–Crippen LogP) is 0.336. The summed E-state index contributed by atoms with van der Waals surface area (Å²) in [6.45, 7) is 5.24. The summed E-state index contributed by atoms with van der Waals surface area (Å²) >= 11 is 0. The van der Waals surface area contributed by atoms with Crippen LogP contribution >= 0.6 is 0 Å². The maximum atomic E-state index is 11.4. The van der Waals surface area contributed by atoms with Crippen LogP contribution in [0.2, 0.25) is 0 Å². The van der Waals surface area contributed by atoms with Gasteiger partial charge in [0.05, 0.1) is 12.1 Å². The summed E-state index contributed by atoms with van der Waals surface area (Å²) in [6.07, 6.45) is 6.01. The monoisotopic (exact) mass is 319 g/mol. The standard InChI is InChI=1S/C16H25N5O2/c1-13(22)21-9-5-16(23,11-21)10-20-7-3-14(4-8-20)19-15-2-6-17-12-18-15/h2,6,12,14,23H,3-5,7-11H2,1H3,(H,17,18,19). The second-order valence-electron chi connectivity index (χ2n) is 6.70. The number of nitrogens with one attached hydrogen (secondary N) is 1. The third kappa shape index (κ3) is 4.17. The maximum absolute atomic E-state index is 11.4. The highest BCUT2D eigenvalue weighted by atomic mass is 16.3.